The topological polar surface area (TPSA) is 58.1 Å². The summed E-state index contributed by atoms with van der Waals surface area (Å²) in [6.07, 6.45) is 3.26. The average molecular weight is 275 g/mol. The molecule has 0 aliphatic carbocycles. The summed E-state index contributed by atoms with van der Waals surface area (Å²) in [6, 6.07) is 7.34. The van der Waals surface area contributed by atoms with Crippen LogP contribution in [0.25, 0.3) is 0 Å². The molecule has 1 aliphatic heterocycles. The van der Waals surface area contributed by atoms with Gasteiger partial charge in [-0.3, -0.25) is 4.79 Å². The van der Waals surface area contributed by atoms with Crippen LogP contribution in [0.3, 0.4) is 0 Å². The monoisotopic (exact) mass is 274 g/mol. The normalized spacial score (nSPS) is 14.6. The molecule has 19 heavy (non-hydrogen) atoms. The fourth-order valence-corrected chi connectivity index (χ4v) is 2.25. The molecule has 0 bridgehead atoms. The number of nitrogens with zero attached hydrogens (tertiary/aromatic N) is 3. The largest absolute Gasteiger partial charge is 0.356 e. The molecule has 2 heterocycles. The van der Waals surface area contributed by atoms with Crippen LogP contribution in [-0.4, -0.2) is 22.6 Å². The minimum absolute atomic E-state index is 0.0715. The molecule has 0 radical (unpaired) electrons. The van der Waals surface area contributed by atoms with E-state index < -0.39 is 0 Å². The van der Waals surface area contributed by atoms with Crippen LogP contribution in [0.5, 0.6) is 0 Å². The van der Waals surface area contributed by atoms with Gasteiger partial charge in [-0.1, -0.05) is 17.7 Å². The van der Waals surface area contributed by atoms with Gasteiger partial charge in [-0.25, -0.2) is 0 Å². The lowest BCUT2D eigenvalue weighted by atomic mass is 10.1. The van der Waals surface area contributed by atoms with Gasteiger partial charge in [0.25, 0.3) is 0 Å². The van der Waals surface area contributed by atoms with Crippen molar-refractivity contribution in [2.24, 2.45) is 0 Å². The summed E-state index contributed by atoms with van der Waals surface area (Å²) >= 11 is 5.95. The van der Waals surface area contributed by atoms with Gasteiger partial charge in [0.1, 0.15) is 0 Å². The Morgan fingerprint density at radius 2 is 2.11 bits per heavy atom. The average Bonchev–Trinajstić information content (AvgIpc) is 2.57. The van der Waals surface area contributed by atoms with E-state index in [1.807, 2.05) is 23.1 Å². The maximum atomic E-state index is 11.9. The summed E-state index contributed by atoms with van der Waals surface area (Å²) in [5.41, 5.74) is 2.65. The third-order valence-electron chi connectivity index (χ3n) is 2.98. The molecule has 0 saturated heterocycles. The predicted octanol–water partition coefficient (Wildman–Crippen LogP) is 2.09. The highest BCUT2D eigenvalue weighted by atomic mass is 35.5. The molecule has 0 atom stereocenters. The van der Waals surface area contributed by atoms with Gasteiger partial charge in [0.15, 0.2) is 0 Å². The van der Waals surface area contributed by atoms with Crippen LogP contribution in [0.4, 0.5) is 11.4 Å². The van der Waals surface area contributed by atoms with Gasteiger partial charge in [0.2, 0.25) is 5.91 Å². The number of anilines is 2. The first-order chi connectivity index (χ1) is 9.22. The van der Waals surface area contributed by atoms with Crippen LogP contribution >= 0.6 is 11.6 Å². The van der Waals surface area contributed by atoms with Crippen molar-refractivity contribution in [2.75, 3.05) is 16.8 Å². The molecule has 0 unspecified atom stereocenters. The number of benzene rings is 1. The number of halogens is 1. The lowest BCUT2D eigenvalue weighted by Gasteiger charge is -2.20. The third kappa shape index (κ3) is 2.51. The van der Waals surface area contributed by atoms with Gasteiger partial charge in [-0.2, -0.15) is 10.2 Å². The number of nitrogens with one attached hydrogen (secondary N) is 1. The van der Waals surface area contributed by atoms with E-state index in [9.17, 15) is 4.79 Å². The van der Waals surface area contributed by atoms with E-state index in [0.29, 0.717) is 11.6 Å². The number of fused-ring (bicyclic) bond motifs is 1. The van der Waals surface area contributed by atoms with E-state index in [1.165, 1.54) is 0 Å². The first kappa shape index (κ1) is 11.9. The van der Waals surface area contributed by atoms with E-state index in [-0.39, 0.29) is 12.5 Å². The Morgan fingerprint density at radius 3 is 2.89 bits per heavy atom. The minimum Gasteiger partial charge on any atom is -0.356 e. The van der Waals surface area contributed by atoms with Crippen LogP contribution < -0.4 is 10.2 Å². The number of hydrogen-bond donors (Lipinski definition) is 1. The van der Waals surface area contributed by atoms with Crippen LogP contribution in [0.1, 0.15) is 5.56 Å². The van der Waals surface area contributed by atoms with Crippen molar-refractivity contribution in [3.63, 3.8) is 0 Å². The first-order valence-electron chi connectivity index (χ1n) is 5.82. The molecule has 2 aromatic rings. The summed E-state index contributed by atoms with van der Waals surface area (Å²) < 4.78 is 0. The highest BCUT2D eigenvalue weighted by Gasteiger charge is 2.19. The Hall–Kier alpha value is -2.14. The van der Waals surface area contributed by atoms with Crippen molar-refractivity contribution in [2.45, 2.75) is 6.54 Å². The Bertz CT molecular complexity index is 617. The summed E-state index contributed by atoms with van der Waals surface area (Å²) in [7, 11) is 0. The van der Waals surface area contributed by atoms with Gasteiger partial charge in [0, 0.05) is 17.3 Å². The Balaban J connectivity index is 1.98. The second-order valence-corrected chi connectivity index (χ2v) is 4.74. The maximum absolute atomic E-state index is 11.9. The second-order valence-electron chi connectivity index (χ2n) is 4.31. The second kappa shape index (κ2) is 4.85. The van der Waals surface area contributed by atoms with Crippen LogP contribution in [-0.2, 0) is 11.3 Å². The molecular weight excluding hydrogens is 264 g/mol. The summed E-state index contributed by atoms with van der Waals surface area (Å²) in [5.74, 6) is -0.0715. The fraction of sp³-hybridized carbons (Fsp3) is 0.154. The molecule has 96 valence electrons. The van der Waals surface area contributed by atoms with Gasteiger partial charge in [0.05, 0.1) is 24.6 Å². The molecule has 5 nitrogen and oxygen atoms in total. The standard InChI is InChI=1S/C13H11ClN4O/c14-10-2-1-9-7-18(11-3-4-15-16-6-11)8-13(19)17-12(9)5-10/h1-6H,7-8H2,(H,17,19). The summed E-state index contributed by atoms with van der Waals surface area (Å²) in [6.45, 7) is 0.898. The van der Waals surface area contributed by atoms with Gasteiger partial charge < -0.3 is 10.2 Å². The van der Waals surface area contributed by atoms with Crippen molar-refractivity contribution < 1.29 is 4.79 Å². The van der Waals surface area contributed by atoms with E-state index in [4.69, 9.17) is 11.6 Å². The molecule has 0 fully saturated rings. The van der Waals surface area contributed by atoms with E-state index in [1.54, 1.807) is 18.5 Å². The van der Waals surface area contributed by atoms with Crippen molar-refractivity contribution in [1.29, 1.82) is 0 Å². The Labute approximate surface area is 115 Å². The number of carbonyl (C=O) groups excluding carboxylic acids is 1. The molecule has 6 heteroatoms. The lowest BCUT2D eigenvalue weighted by molar-refractivity contribution is -0.114. The van der Waals surface area contributed by atoms with Crippen LogP contribution in [0.15, 0.2) is 36.7 Å². The molecule has 1 aliphatic rings. The zero-order valence-corrected chi connectivity index (χ0v) is 10.8. The van der Waals surface area contributed by atoms with E-state index in [0.717, 1.165) is 16.9 Å². The van der Waals surface area contributed by atoms with Crippen LogP contribution in [0, 0.1) is 0 Å². The van der Waals surface area contributed by atoms with Gasteiger partial charge >= 0.3 is 0 Å². The van der Waals surface area contributed by atoms with Crippen LogP contribution in [0.2, 0.25) is 5.02 Å². The SMILES string of the molecule is O=C1CN(c2ccnnc2)Cc2ccc(Cl)cc2N1. The molecule has 3 rings (SSSR count). The number of rotatable bonds is 1. The van der Waals surface area contributed by atoms with Gasteiger partial charge in [-0.05, 0) is 23.8 Å². The highest BCUT2D eigenvalue weighted by molar-refractivity contribution is 6.31. The quantitative estimate of drug-likeness (QED) is 0.865. The lowest BCUT2D eigenvalue weighted by Crippen LogP contribution is -2.29. The van der Waals surface area contributed by atoms with E-state index in [2.05, 4.69) is 15.5 Å². The Kier molecular flexibility index (Phi) is 3.05. The molecule has 1 aromatic heterocycles. The van der Waals surface area contributed by atoms with Gasteiger partial charge in [-0.15, -0.1) is 0 Å². The van der Waals surface area contributed by atoms with Crippen molar-refractivity contribution in [3.8, 4) is 0 Å². The molecule has 1 aromatic carbocycles. The third-order valence-corrected chi connectivity index (χ3v) is 3.21. The fourth-order valence-electron chi connectivity index (χ4n) is 2.08. The summed E-state index contributed by atoms with van der Waals surface area (Å²) in [5, 5.41) is 11.1. The number of hydrogen-bond acceptors (Lipinski definition) is 4. The molecule has 1 amide bonds. The van der Waals surface area contributed by atoms with Crippen molar-refractivity contribution in [3.05, 3.63) is 47.2 Å². The van der Waals surface area contributed by atoms with Crippen molar-refractivity contribution in [1.82, 2.24) is 10.2 Å². The molecular formula is C13H11ClN4O. The molecule has 0 saturated carbocycles. The van der Waals surface area contributed by atoms with E-state index >= 15 is 0 Å². The number of amides is 1. The zero-order valence-electron chi connectivity index (χ0n) is 10.0. The zero-order chi connectivity index (χ0) is 13.2. The maximum Gasteiger partial charge on any atom is 0.243 e. The number of carbonyl (C=O) groups is 1. The molecule has 0 spiro atoms. The van der Waals surface area contributed by atoms with Crippen molar-refractivity contribution >= 4 is 28.9 Å². The number of aromatic nitrogens is 2. The first-order valence-corrected chi connectivity index (χ1v) is 6.20. The summed E-state index contributed by atoms with van der Waals surface area (Å²) in [4.78, 5) is 13.9. The molecule has 1 N–H and O–H groups in total. The minimum atomic E-state index is -0.0715. The smallest absolute Gasteiger partial charge is 0.243 e. The Morgan fingerprint density at radius 1 is 1.21 bits per heavy atom. The highest BCUT2D eigenvalue weighted by Crippen LogP contribution is 2.26. The predicted molar refractivity (Wildman–Crippen MR) is 73.2 cm³/mol.